The van der Waals surface area contributed by atoms with Gasteiger partial charge in [-0.15, -0.1) is 0 Å². The number of fused-ring (bicyclic) bond motifs is 1. The van der Waals surface area contributed by atoms with E-state index in [0.29, 0.717) is 0 Å². The number of nitrogens with one attached hydrogen (secondary N) is 2. The van der Waals surface area contributed by atoms with Crippen LogP contribution in [-0.4, -0.2) is 61.0 Å². The molecule has 0 amide bonds. The van der Waals surface area contributed by atoms with Crippen molar-refractivity contribution in [3.63, 3.8) is 0 Å². The molecule has 1 aromatic carbocycles. The van der Waals surface area contributed by atoms with E-state index in [-0.39, 0.29) is 12.2 Å². The quantitative estimate of drug-likeness (QED) is 0.243. The maximum absolute atomic E-state index is 16.1. The number of ether oxygens (including phenoxy) is 2. The number of rotatable bonds is 10. The van der Waals surface area contributed by atoms with Gasteiger partial charge in [-0.2, -0.15) is 5.09 Å². The molecule has 1 aliphatic heterocycles. The monoisotopic (exact) mass is 557 g/mol. The van der Waals surface area contributed by atoms with Crippen molar-refractivity contribution in [3.8, 4) is 5.75 Å². The van der Waals surface area contributed by atoms with Gasteiger partial charge in [-0.25, -0.2) is 13.8 Å². The summed E-state index contributed by atoms with van der Waals surface area (Å²) in [5.74, 6) is -3.91. The van der Waals surface area contributed by atoms with Crippen molar-refractivity contribution in [1.29, 1.82) is 0 Å². The molecule has 4 rings (SSSR count). The summed E-state index contributed by atoms with van der Waals surface area (Å²) in [4.78, 5) is 38.1. The Morgan fingerprint density at radius 2 is 1.89 bits per heavy atom. The van der Waals surface area contributed by atoms with Gasteiger partial charge in [0, 0.05) is 12.3 Å². The normalized spacial score (nSPS) is 32.3. The molecule has 7 atom stereocenters. The average Bonchev–Trinajstić information content (AvgIpc) is 3.22. The van der Waals surface area contributed by atoms with Crippen LogP contribution in [0.5, 0.6) is 5.75 Å². The molecule has 2 heterocycles. The van der Waals surface area contributed by atoms with Gasteiger partial charge in [-0.3, -0.25) is 23.7 Å². The molecule has 1 saturated heterocycles. The minimum Gasteiger partial charge on any atom is -0.462 e. The largest absolute Gasteiger partial charge is 0.462 e. The zero-order chi connectivity index (χ0) is 28.1. The number of carbonyl (C=O) groups excluding carboxylic acids is 1. The Kier molecular flexibility index (Phi) is 7.19. The number of esters is 1. The Morgan fingerprint density at radius 3 is 2.47 bits per heavy atom. The maximum Gasteiger partial charge on any atom is 0.460 e. The number of benzene rings is 1. The van der Waals surface area contributed by atoms with Crippen LogP contribution in [-0.2, 0) is 23.4 Å². The first kappa shape index (κ1) is 28.1. The number of nitrogens with zero attached hydrogens (tertiary/aromatic N) is 1. The van der Waals surface area contributed by atoms with Crippen LogP contribution < -0.4 is 20.9 Å². The summed E-state index contributed by atoms with van der Waals surface area (Å²) >= 11 is 0. The number of hydrogen-bond donors (Lipinski definition) is 4. The van der Waals surface area contributed by atoms with Gasteiger partial charge < -0.3 is 24.2 Å². The molecule has 1 saturated carbocycles. The number of alkyl halides is 1. The van der Waals surface area contributed by atoms with Gasteiger partial charge in [0.1, 0.15) is 17.4 Å². The van der Waals surface area contributed by atoms with E-state index >= 15 is 4.39 Å². The number of aromatic amines is 1. The first-order valence-electron chi connectivity index (χ1n) is 11.8. The third kappa shape index (κ3) is 4.51. The number of hydrogen-bond acceptors (Lipinski definition) is 10. The van der Waals surface area contributed by atoms with E-state index in [1.807, 2.05) is 4.98 Å². The predicted octanol–water partition coefficient (Wildman–Crippen LogP) is 1.12. The fraction of sp³-hybridized carbons (Fsp3) is 0.522. The van der Waals surface area contributed by atoms with Crippen LogP contribution in [0.15, 0.2) is 52.2 Å². The summed E-state index contributed by atoms with van der Waals surface area (Å²) in [6.07, 6.45) is -3.69. The highest BCUT2D eigenvalue weighted by atomic mass is 31.2. The number of para-hydroxylation sites is 1. The van der Waals surface area contributed by atoms with E-state index in [1.54, 1.807) is 32.0 Å². The lowest BCUT2D eigenvalue weighted by atomic mass is 9.89. The van der Waals surface area contributed by atoms with Gasteiger partial charge >= 0.3 is 19.4 Å². The van der Waals surface area contributed by atoms with E-state index in [9.17, 15) is 29.2 Å². The van der Waals surface area contributed by atoms with Crippen LogP contribution in [0.2, 0.25) is 0 Å². The zero-order valence-corrected chi connectivity index (χ0v) is 21.9. The van der Waals surface area contributed by atoms with Crippen molar-refractivity contribution < 1.29 is 42.5 Å². The number of carbonyl (C=O) groups is 1. The fourth-order valence-electron chi connectivity index (χ4n) is 4.44. The molecule has 0 radical (unpaired) electrons. The summed E-state index contributed by atoms with van der Waals surface area (Å²) in [5, 5.41) is 25.1. The molecule has 4 N–H and O–H groups in total. The van der Waals surface area contributed by atoms with Gasteiger partial charge in [-0.1, -0.05) is 25.1 Å². The van der Waals surface area contributed by atoms with Crippen molar-refractivity contribution in [2.75, 3.05) is 0 Å². The maximum atomic E-state index is 16.1. The molecule has 0 bridgehead atoms. The molecule has 3 unspecified atom stereocenters. The highest BCUT2D eigenvalue weighted by molar-refractivity contribution is 7.52. The van der Waals surface area contributed by atoms with Crippen LogP contribution >= 0.6 is 7.75 Å². The molecule has 2 aromatic rings. The third-order valence-corrected chi connectivity index (χ3v) is 8.06. The van der Waals surface area contributed by atoms with Gasteiger partial charge in [0.25, 0.3) is 11.4 Å². The van der Waals surface area contributed by atoms with Gasteiger partial charge in [-0.05, 0) is 39.3 Å². The van der Waals surface area contributed by atoms with Crippen molar-refractivity contribution >= 4 is 13.7 Å². The first-order chi connectivity index (χ1) is 17.7. The SMILES string of the molecule is CC[C@]1(O)[C@H](n2ccc(=O)[nH]c2=O)O[C@]2(F)C(OP(=O)(NC(C)C(=O)OC(C)C)Oc3ccccc3)[C@@]21O. The van der Waals surface area contributed by atoms with E-state index in [0.717, 1.165) is 16.8 Å². The second kappa shape index (κ2) is 9.70. The standard InChI is InChI=1S/C23H29FN3O10P/c1-5-21(31)19(27-12-11-16(28)25-20(27)30)35-23(24)18(22(21,23)32)37-38(33,36-15-9-7-6-8-10-15)26-14(4)17(29)34-13(2)3/h6-14,18-19,31-32H,5H2,1-4H3,(H,26,33)(H,25,28,30)/t14?,18?,19-,21+,22+,23-,38?/m1/s1. The number of aromatic nitrogens is 2. The molecule has 15 heteroatoms. The van der Waals surface area contributed by atoms with Crippen LogP contribution in [0.25, 0.3) is 0 Å². The number of halogens is 1. The molecule has 0 spiro atoms. The molecule has 2 fully saturated rings. The molecular weight excluding hydrogens is 528 g/mol. The predicted molar refractivity (Wildman–Crippen MR) is 129 cm³/mol. The first-order valence-corrected chi connectivity index (χ1v) is 13.4. The number of H-pyrrole nitrogens is 1. The van der Waals surface area contributed by atoms with Crippen LogP contribution in [0.3, 0.4) is 0 Å². The summed E-state index contributed by atoms with van der Waals surface area (Å²) in [5.41, 5.74) is -7.04. The topological polar surface area (TPSA) is 178 Å². The van der Waals surface area contributed by atoms with Crippen molar-refractivity contribution in [3.05, 3.63) is 63.4 Å². The molecule has 13 nitrogen and oxygen atoms in total. The van der Waals surface area contributed by atoms with E-state index < -0.39 is 66.5 Å². The molecule has 1 aromatic heterocycles. The highest BCUT2D eigenvalue weighted by Crippen LogP contribution is 2.72. The second-order valence-corrected chi connectivity index (χ2v) is 11.0. The zero-order valence-electron chi connectivity index (χ0n) is 21.0. The fourth-order valence-corrected chi connectivity index (χ4v) is 6.14. The van der Waals surface area contributed by atoms with E-state index in [1.165, 1.54) is 26.0 Å². The Labute approximate surface area is 216 Å². The van der Waals surface area contributed by atoms with Crippen molar-refractivity contribution in [1.82, 2.24) is 14.6 Å². The lowest BCUT2D eigenvalue weighted by molar-refractivity contribution is -0.188. The van der Waals surface area contributed by atoms with Crippen molar-refractivity contribution in [2.45, 2.75) is 75.7 Å². The van der Waals surface area contributed by atoms with Gasteiger partial charge in [0.15, 0.2) is 17.9 Å². The van der Waals surface area contributed by atoms with Crippen LogP contribution in [0.4, 0.5) is 4.39 Å². The lowest BCUT2D eigenvalue weighted by Crippen LogP contribution is -2.53. The lowest BCUT2D eigenvalue weighted by Gasteiger charge is -2.35. The Morgan fingerprint density at radius 1 is 1.24 bits per heavy atom. The summed E-state index contributed by atoms with van der Waals surface area (Å²) in [6.45, 7) is 5.94. The van der Waals surface area contributed by atoms with Crippen LogP contribution in [0.1, 0.15) is 40.3 Å². The number of aliphatic hydroxyl groups is 2. The molecule has 208 valence electrons. The minimum atomic E-state index is -4.66. The summed E-state index contributed by atoms with van der Waals surface area (Å²) in [7, 11) is -4.66. The third-order valence-electron chi connectivity index (χ3n) is 6.42. The van der Waals surface area contributed by atoms with E-state index in [4.69, 9.17) is 18.5 Å². The molecule has 1 aliphatic carbocycles. The Hall–Kier alpha value is -2.87. The second-order valence-electron chi connectivity index (χ2n) is 9.40. The summed E-state index contributed by atoms with van der Waals surface area (Å²) in [6, 6.07) is 7.36. The Balaban J connectivity index is 1.65. The average molecular weight is 557 g/mol. The van der Waals surface area contributed by atoms with Gasteiger partial charge in [0.2, 0.25) is 0 Å². The van der Waals surface area contributed by atoms with Crippen molar-refractivity contribution in [2.24, 2.45) is 0 Å². The molecule has 2 aliphatic rings. The highest BCUT2D eigenvalue weighted by Gasteiger charge is 2.96. The van der Waals surface area contributed by atoms with Gasteiger partial charge in [0.05, 0.1) is 6.10 Å². The smallest absolute Gasteiger partial charge is 0.460 e. The minimum absolute atomic E-state index is 0.0304. The Bertz CT molecular complexity index is 1370. The van der Waals surface area contributed by atoms with E-state index in [2.05, 4.69) is 5.09 Å². The van der Waals surface area contributed by atoms with Crippen LogP contribution in [0, 0.1) is 0 Å². The molecular formula is C23H29FN3O10P. The summed E-state index contributed by atoms with van der Waals surface area (Å²) < 4.78 is 51.9. The molecule has 38 heavy (non-hydrogen) atoms.